The number of hydrogen-bond acceptors (Lipinski definition) is 5. The largest absolute Gasteiger partial charge is 0.514 e. The van der Waals surface area contributed by atoms with Crippen LogP contribution in [0.1, 0.15) is 27.2 Å². The van der Waals surface area contributed by atoms with Gasteiger partial charge >= 0.3 is 21.1 Å². The van der Waals surface area contributed by atoms with Gasteiger partial charge in [0.25, 0.3) is 0 Å². The van der Waals surface area contributed by atoms with E-state index in [9.17, 15) is 13.2 Å². The second-order valence-corrected chi connectivity index (χ2v) is 5.11. The Hall–Kier alpha value is -1.24. The molecular formula is C9H16N2O5S. The zero-order valence-electron chi connectivity index (χ0n) is 10.0. The molecule has 0 aliphatic heterocycles. The second kappa shape index (κ2) is 7.16. The topological polar surface area (TPSA) is 106 Å². The summed E-state index contributed by atoms with van der Waals surface area (Å²) in [5.41, 5.74) is 8.50. The lowest BCUT2D eigenvalue weighted by Crippen LogP contribution is -2.29. The molecule has 0 saturated heterocycles. The number of carbonyl (C=O) groups is 1. The van der Waals surface area contributed by atoms with Gasteiger partial charge in [0, 0.05) is 0 Å². The standard InChI is InChI=1S/C9H16N2O5S/c1-4-15-9(12)8(11-10)17(13,14)16-6-5-7(2)3/h7H,4-6H2,1-3H3. The Labute approximate surface area is 100 Å². The molecule has 0 spiro atoms. The molecule has 0 aliphatic carbocycles. The molecule has 98 valence electrons. The van der Waals surface area contributed by atoms with Crippen molar-refractivity contribution in [3.8, 4) is 0 Å². The van der Waals surface area contributed by atoms with Crippen LogP contribution in [0.15, 0.2) is 0 Å². The smallest absolute Gasteiger partial charge is 0.456 e. The molecule has 0 saturated carbocycles. The first-order chi connectivity index (χ1) is 7.85. The van der Waals surface area contributed by atoms with Crippen molar-refractivity contribution in [2.75, 3.05) is 13.2 Å². The second-order valence-electron chi connectivity index (χ2n) is 3.58. The van der Waals surface area contributed by atoms with Crippen molar-refractivity contribution in [2.24, 2.45) is 5.92 Å². The lowest BCUT2D eigenvalue weighted by molar-refractivity contribution is -0.139. The fraction of sp³-hybridized carbons (Fsp3) is 0.778. The third-order valence-corrected chi connectivity index (χ3v) is 2.91. The maximum absolute atomic E-state index is 11.4. The van der Waals surface area contributed by atoms with E-state index in [1.54, 1.807) is 0 Å². The lowest BCUT2D eigenvalue weighted by atomic mass is 10.2. The van der Waals surface area contributed by atoms with Gasteiger partial charge in [0.05, 0.1) is 13.2 Å². The summed E-state index contributed by atoms with van der Waals surface area (Å²) >= 11 is 0. The predicted molar refractivity (Wildman–Crippen MR) is 59.6 cm³/mol. The van der Waals surface area contributed by atoms with E-state index in [1.807, 2.05) is 13.8 Å². The van der Waals surface area contributed by atoms with Gasteiger partial charge in [-0.1, -0.05) is 13.8 Å². The van der Waals surface area contributed by atoms with Crippen LogP contribution in [0.5, 0.6) is 0 Å². The van der Waals surface area contributed by atoms with Crippen LogP contribution in [0.3, 0.4) is 0 Å². The van der Waals surface area contributed by atoms with Crippen molar-refractivity contribution in [2.45, 2.75) is 27.2 Å². The minimum Gasteiger partial charge on any atom is -0.456 e. The van der Waals surface area contributed by atoms with Gasteiger partial charge in [-0.3, -0.25) is 4.18 Å². The number of hydrogen-bond donors (Lipinski definition) is 0. The molecule has 0 atom stereocenters. The summed E-state index contributed by atoms with van der Waals surface area (Å²) in [5, 5.41) is -1.14. The van der Waals surface area contributed by atoms with Gasteiger partial charge in [-0.25, -0.2) is 4.79 Å². The van der Waals surface area contributed by atoms with E-state index < -0.39 is 21.1 Å². The summed E-state index contributed by atoms with van der Waals surface area (Å²) in [4.78, 5) is 13.6. The number of carbonyl (C=O) groups excluding carboxylic acids is 1. The summed E-state index contributed by atoms with van der Waals surface area (Å²) in [6.07, 6.45) is 0.501. The number of esters is 1. The molecule has 8 heteroatoms. The quantitative estimate of drug-likeness (QED) is 0.180. The maximum atomic E-state index is 11.4. The molecule has 0 bridgehead atoms. The van der Waals surface area contributed by atoms with Crippen molar-refractivity contribution >= 4 is 21.1 Å². The molecule has 0 amide bonds. The van der Waals surface area contributed by atoms with E-state index in [4.69, 9.17) is 5.53 Å². The highest BCUT2D eigenvalue weighted by Crippen LogP contribution is 2.04. The Morgan fingerprint density at radius 2 is 2.00 bits per heavy atom. The Morgan fingerprint density at radius 1 is 1.41 bits per heavy atom. The van der Waals surface area contributed by atoms with Gasteiger partial charge in [-0.2, -0.15) is 8.42 Å². The van der Waals surface area contributed by atoms with E-state index in [0.29, 0.717) is 6.42 Å². The molecule has 0 aromatic rings. The molecule has 0 aromatic heterocycles. The number of ether oxygens (including phenoxy) is 1. The number of rotatable bonds is 5. The predicted octanol–water partition coefficient (Wildman–Crippen LogP) is 0.570. The summed E-state index contributed by atoms with van der Waals surface area (Å²) in [6, 6.07) is 0. The normalized spacial score (nSPS) is 11.1. The highest BCUT2D eigenvalue weighted by atomic mass is 32.2. The van der Waals surface area contributed by atoms with Crippen molar-refractivity contribution in [3.05, 3.63) is 5.53 Å². The molecule has 0 unspecified atom stereocenters. The van der Waals surface area contributed by atoms with Crippen LogP contribution < -0.4 is 0 Å². The van der Waals surface area contributed by atoms with Gasteiger partial charge in [0.15, 0.2) is 0 Å². The van der Waals surface area contributed by atoms with Crippen molar-refractivity contribution < 1.29 is 26.9 Å². The summed E-state index contributed by atoms with van der Waals surface area (Å²) < 4.78 is 31.9. The van der Waals surface area contributed by atoms with Crippen LogP contribution >= 0.6 is 0 Å². The first-order valence-corrected chi connectivity index (χ1v) is 6.54. The van der Waals surface area contributed by atoms with Crippen LogP contribution in [0, 0.1) is 5.92 Å². The molecule has 17 heavy (non-hydrogen) atoms. The molecule has 0 aliphatic rings. The fourth-order valence-electron chi connectivity index (χ4n) is 0.835. The molecule has 0 radical (unpaired) electrons. The van der Waals surface area contributed by atoms with Gasteiger partial charge in [0.2, 0.25) is 0 Å². The van der Waals surface area contributed by atoms with Gasteiger partial charge < -0.3 is 10.3 Å². The van der Waals surface area contributed by atoms with E-state index in [0.717, 1.165) is 0 Å². The first-order valence-electron chi connectivity index (χ1n) is 5.13. The molecule has 0 fully saturated rings. The zero-order chi connectivity index (χ0) is 13.5. The van der Waals surface area contributed by atoms with Crippen LogP contribution in [0.2, 0.25) is 0 Å². The maximum Gasteiger partial charge on any atom is 0.514 e. The third kappa shape index (κ3) is 5.58. The highest BCUT2D eigenvalue weighted by molar-refractivity contribution is 8.04. The third-order valence-electron chi connectivity index (χ3n) is 1.71. The molecule has 0 rings (SSSR count). The Balaban J connectivity index is 4.68. The monoisotopic (exact) mass is 264 g/mol. The number of nitrogens with zero attached hydrogens (tertiary/aromatic N) is 2. The van der Waals surface area contributed by atoms with Crippen molar-refractivity contribution in [3.63, 3.8) is 0 Å². The van der Waals surface area contributed by atoms with Crippen LogP contribution in [-0.2, 0) is 23.8 Å². The van der Waals surface area contributed by atoms with Crippen LogP contribution in [0.4, 0.5) is 0 Å². The van der Waals surface area contributed by atoms with Crippen LogP contribution in [-0.4, -0.2) is 37.4 Å². The van der Waals surface area contributed by atoms with Crippen molar-refractivity contribution in [1.82, 2.24) is 0 Å². The minimum atomic E-state index is -4.36. The van der Waals surface area contributed by atoms with Crippen molar-refractivity contribution in [1.29, 1.82) is 0 Å². The molecule has 7 nitrogen and oxygen atoms in total. The summed E-state index contributed by atoms with van der Waals surface area (Å²) in [7, 11) is -4.36. The minimum absolute atomic E-state index is 0.0284. The Morgan fingerprint density at radius 3 is 2.41 bits per heavy atom. The zero-order valence-corrected chi connectivity index (χ0v) is 10.9. The van der Waals surface area contributed by atoms with Gasteiger partial charge in [-0.05, 0) is 19.3 Å². The van der Waals surface area contributed by atoms with Crippen LogP contribution in [0.25, 0.3) is 5.53 Å². The van der Waals surface area contributed by atoms with Gasteiger partial charge in [-0.15, -0.1) is 4.79 Å². The average molecular weight is 264 g/mol. The molecule has 0 aromatic carbocycles. The fourth-order valence-corrected chi connectivity index (χ4v) is 1.63. The Kier molecular flexibility index (Phi) is 6.64. The summed E-state index contributed by atoms with van der Waals surface area (Å²) in [6.45, 7) is 5.17. The molecule has 0 N–H and O–H groups in total. The van der Waals surface area contributed by atoms with E-state index >= 15 is 0 Å². The van der Waals surface area contributed by atoms with Gasteiger partial charge in [0.1, 0.15) is 0 Å². The first kappa shape index (κ1) is 15.8. The lowest BCUT2D eigenvalue weighted by Gasteiger charge is -2.04. The molecule has 0 heterocycles. The van der Waals surface area contributed by atoms with E-state index in [-0.39, 0.29) is 19.1 Å². The van der Waals surface area contributed by atoms with E-state index in [2.05, 4.69) is 13.7 Å². The summed E-state index contributed by atoms with van der Waals surface area (Å²) in [5.74, 6) is -0.984. The molecular weight excluding hydrogens is 248 g/mol. The average Bonchev–Trinajstić information content (AvgIpc) is 2.17. The van der Waals surface area contributed by atoms with E-state index in [1.165, 1.54) is 6.92 Å². The highest BCUT2D eigenvalue weighted by Gasteiger charge is 2.38. The Bertz CT molecular complexity index is 409. The SMILES string of the molecule is CCOC(=O)C(=[N+]=[N-])S(=O)(=O)OCCC(C)C.